The number of benzene rings is 1. The zero-order chi connectivity index (χ0) is 15.3. The second kappa shape index (κ2) is 4.83. The fraction of sp³-hybridized carbons (Fsp3) is 0.438. The highest BCUT2D eigenvalue weighted by Gasteiger charge is 2.51. The van der Waals surface area contributed by atoms with Crippen molar-refractivity contribution < 1.29 is 14.4 Å². The van der Waals surface area contributed by atoms with Gasteiger partial charge in [0, 0.05) is 12.5 Å². The minimum absolute atomic E-state index is 0.0602. The van der Waals surface area contributed by atoms with Crippen LogP contribution in [0.25, 0.3) is 0 Å². The summed E-state index contributed by atoms with van der Waals surface area (Å²) in [6.45, 7) is 0.541. The SMILES string of the molecule is O=C1NC2CCN(C(=O)C3CC3)C2C(=O)N1c1ccccc1. The number of carbonyl (C=O) groups excluding carboxylic acids is 3. The maximum Gasteiger partial charge on any atom is 0.329 e. The molecule has 3 aliphatic rings. The first-order chi connectivity index (χ1) is 10.7. The van der Waals surface area contributed by atoms with Crippen LogP contribution in [-0.4, -0.2) is 41.4 Å². The lowest BCUT2D eigenvalue weighted by Crippen LogP contribution is -2.65. The summed E-state index contributed by atoms with van der Waals surface area (Å²) in [5.41, 5.74) is 0.536. The molecule has 4 amide bonds. The van der Waals surface area contributed by atoms with Crippen molar-refractivity contribution in [2.45, 2.75) is 31.3 Å². The number of carbonyl (C=O) groups is 3. The Morgan fingerprint density at radius 3 is 2.50 bits per heavy atom. The number of nitrogens with zero attached hydrogens (tertiary/aromatic N) is 2. The quantitative estimate of drug-likeness (QED) is 0.889. The van der Waals surface area contributed by atoms with Gasteiger partial charge >= 0.3 is 6.03 Å². The summed E-state index contributed by atoms with van der Waals surface area (Å²) >= 11 is 0. The van der Waals surface area contributed by atoms with Gasteiger partial charge in [-0.05, 0) is 31.4 Å². The van der Waals surface area contributed by atoms with Crippen LogP contribution in [0.5, 0.6) is 0 Å². The van der Waals surface area contributed by atoms with E-state index in [0.717, 1.165) is 17.7 Å². The monoisotopic (exact) mass is 299 g/mol. The smallest absolute Gasteiger partial charge is 0.329 e. The van der Waals surface area contributed by atoms with E-state index < -0.39 is 12.1 Å². The fourth-order valence-electron chi connectivity index (χ4n) is 3.34. The molecule has 1 aromatic rings. The summed E-state index contributed by atoms with van der Waals surface area (Å²) in [7, 11) is 0. The molecule has 0 spiro atoms. The Morgan fingerprint density at radius 1 is 1.09 bits per heavy atom. The molecule has 22 heavy (non-hydrogen) atoms. The van der Waals surface area contributed by atoms with Gasteiger partial charge < -0.3 is 10.2 Å². The Morgan fingerprint density at radius 2 is 1.82 bits per heavy atom. The molecule has 2 saturated heterocycles. The molecule has 1 saturated carbocycles. The summed E-state index contributed by atoms with van der Waals surface area (Å²) in [6.07, 6.45) is 2.47. The van der Waals surface area contributed by atoms with Crippen LogP contribution in [0, 0.1) is 5.92 Å². The molecule has 6 nitrogen and oxygen atoms in total. The van der Waals surface area contributed by atoms with E-state index in [2.05, 4.69) is 5.32 Å². The third kappa shape index (κ3) is 1.98. The average molecular weight is 299 g/mol. The van der Waals surface area contributed by atoms with Gasteiger partial charge in [0.2, 0.25) is 5.91 Å². The van der Waals surface area contributed by atoms with Gasteiger partial charge in [-0.25, -0.2) is 9.69 Å². The maximum absolute atomic E-state index is 12.8. The van der Waals surface area contributed by atoms with Crippen molar-refractivity contribution in [3.63, 3.8) is 0 Å². The maximum atomic E-state index is 12.8. The molecule has 2 atom stereocenters. The predicted molar refractivity (Wildman–Crippen MR) is 79.1 cm³/mol. The van der Waals surface area contributed by atoms with Crippen molar-refractivity contribution >= 4 is 23.5 Å². The molecule has 3 fully saturated rings. The molecule has 2 aliphatic heterocycles. The van der Waals surface area contributed by atoms with Crippen LogP contribution in [0.1, 0.15) is 19.3 Å². The number of amides is 4. The van der Waals surface area contributed by atoms with Crippen molar-refractivity contribution in [3.05, 3.63) is 30.3 Å². The molecule has 1 aliphatic carbocycles. The largest absolute Gasteiger partial charge is 0.332 e. The van der Waals surface area contributed by atoms with Crippen LogP contribution in [-0.2, 0) is 9.59 Å². The van der Waals surface area contributed by atoms with E-state index >= 15 is 0 Å². The second-order valence-corrected chi connectivity index (χ2v) is 6.10. The van der Waals surface area contributed by atoms with Crippen molar-refractivity contribution in [1.29, 1.82) is 0 Å². The van der Waals surface area contributed by atoms with E-state index in [1.807, 2.05) is 6.07 Å². The van der Waals surface area contributed by atoms with Crippen LogP contribution >= 0.6 is 0 Å². The molecule has 114 valence electrons. The predicted octanol–water partition coefficient (Wildman–Crippen LogP) is 1.12. The number of urea groups is 1. The van der Waals surface area contributed by atoms with Gasteiger partial charge in [-0.15, -0.1) is 0 Å². The molecule has 6 heteroatoms. The summed E-state index contributed by atoms with van der Waals surface area (Å²) < 4.78 is 0. The summed E-state index contributed by atoms with van der Waals surface area (Å²) in [5, 5.41) is 2.87. The number of rotatable bonds is 2. The number of anilines is 1. The molecular formula is C16H17N3O3. The zero-order valence-corrected chi connectivity index (χ0v) is 12.1. The molecule has 1 N–H and O–H groups in total. The zero-order valence-electron chi connectivity index (χ0n) is 12.1. The molecule has 0 bridgehead atoms. The van der Waals surface area contributed by atoms with Gasteiger partial charge in [0.05, 0.1) is 11.7 Å². The summed E-state index contributed by atoms with van der Waals surface area (Å²) in [4.78, 5) is 40.3. The number of hydrogen-bond donors (Lipinski definition) is 1. The van der Waals surface area contributed by atoms with Gasteiger partial charge in [-0.3, -0.25) is 9.59 Å². The Bertz CT molecular complexity index is 641. The van der Waals surface area contributed by atoms with Gasteiger partial charge in [0.1, 0.15) is 6.04 Å². The minimum Gasteiger partial charge on any atom is -0.332 e. The lowest BCUT2D eigenvalue weighted by molar-refractivity contribution is -0.139. The molecular weight excluding hydrogens is 282 g/mol. The highest BCUT2D eigenvalue weighted by molar-refractivity contribution is 6.19. The number of fused-ring (bicyclic) bond motifs is 1. The normalized spacial score (nSPS) is 27.6. The van der Waals surface area contributed by atoms with Crippen molar-refractivity contribution in [2.24, 2.45) is 5.92 Å². The third-order valence-electron chi connectivity index (χ3n) is 4.61. The Balaban J connectivity index is 1.65. The minimum atomic E-state index is -0.564. The van der Waals surface area contributed by atoms with E-state index in [1.54, 1.807) is 29.2 Å². The van der Waals surface area contributed by atoms with Gasteiger partial charge in [0.15, 0.2) is 0 Å². The number of likely N-dealkylation sites (tertiary alicyclic amines) is 1. The van der Waals surface area contributed by atoms with Crippen LogP contribution in [0.15, 0.2) is 30.3 Å². The fourth-order valence-corrected chi connectivity index (χ4v) is 3.34. The van der Waals surface area contributed by atoms with Crippen LogP contribution in [0.3, 0.4) is 0 Å². The van der Waals surface area contributed by atoms with Crippen molar-refractivity contribution in [3.8, 4) is 0 Å². The number of imide groups is 1. The summed E-state index contributed by atoms with van der Waals surface area (Å²) in [6, 6.07) is 7.61. The number of hydrogen-bond acceptors (Lipinski definition) is 3. The van der Waals surface area contributed by atoms with E-state index in [-0.39, 0.29) is 23.8 Å². The first-order valence-electron chi connectivity index (χ1n) is 7.67. The average Bonchev–Trinajstić information content (AvgIpc) is 3.28. The van der Waals surface area contributed by atoms with Crippen molar-refractivity contribution in [1.82, 2.24) is 10.2 Å². The van der Waals surface area contributed by atoms with Crippen LogP contribution < -0.4 is 10.2 Å². The van der Waals surface area contributed by atoms with E-state index in [9.17, 15) is 14.4 Å². The molecule has 4 rings (SSSR count). The topological polar surface area (TPSA) is 69.7 Å². The van der Waals surface area contributed by atoms with E-state index in [4.69, 9.17) is 0 Å². The van der Waals surface area contributed by atoms with Gasteiger partial charge in [-0.1, -0.05) is 18.2 Å². The first-order valence-corrected chi connectivity index (χ1v) is 7.67. The van der Waals surface area contributed by atoms with Crippen LogP contribution in [0.4, 0.5) is 10.5 Å². The first kappa shape index (κ1) is 13.3. The molecule has 2 heterocycles. The number of nitrogens with one attached hydrogen (secondary N) is 1. The van der Waals surface area contributed by atoms with E-state index in [1.165, 1.54) is 0 Å². The second-order valence-electron chi connectivity index (χ2n) is 6.10. The van der Waals surface area contributed by atoms with Crippen molar-refractivity contribution in [2.75, 3.05) is 11.4 Å². The highest BCUT2D eigenvalue weighted by Crippen LogP contribution is 2.35. The molecule has 0 aromatic heterocycles. The van der Waals surface area contributed by atoms with Gasteiger partial charge in [0.25, 0.3) is 5.91 Å². The molecule has 0 radical (unpaired) electrons. The molecule has 1 aromatic carbocycles. The number of para-hydroxylation sites is 1. The van der Waals surface area contributed by atoms with E-state index in [0.29, 0.717) is 18.7 Å². The third-order valence-corrected chi connectivity index (χ3v) is 4.61. The van der Waals surface area contributed by atoms with Crippen LogP contribution in [0.2, 0.25) is 0 Å². The molecule has 2 unspecified atom stereocenters. The Kier molecular flexibility index (Phi) is 2.92. The standard InChI is InChI=1S/C16H17N3O3/c20-14(10-6-7-10)18-9-8-12-13(18)15(21)19(16(22)17-12)11-4-2-1-3-5-11/h1-5,10,12-13H,6-9H2,(H,17,22). The lowest BCUT2D eigenvalue weighted by Gasteiger charge is -2.36. The lowest BCUT2D eigenvalue weighted by atomic mass is 10.0. The Hall–Kier alpha value is -2.37. The summed E-state index contributed by atoms with van der Waals surface area (Å²) in [5.74, 6) is -0.161. The Labute approximate surface area is 128 Å². The highest BCUT2D eigenvalue weighted by atomic mass is 16.2. The van der Waals surface area contributed by atoms with Gasteiger partial charge in [-0.2, -0.15) is 0 Å².